The minimum atomic E-state index is 0.248. The first-order valence-electron chi connectivity index (χ1n) is 11.1. The molecule has 2 fully saturated rings. The third-order valence-electron chi connectivity index (χ3n) is 5.61. The highest BCUT2D eigenvalue weighted by molar-refractivity contribution is 5.82. The third kappa shape index (κ3) is 11.0. The molecule has 0 radical (unpaired) electrons. The van der Waals surface area contributed by atoms with Gasteiger partial charge in [0.2, 0.25) is 0 Å². The number of nitrogens with one attached hydrogen (secondary N) is 1. The Kier molecular flexibility index (Phi) is 13.3. The highest BCUT2D eigenvalue weighted by Crippen LogP contribution is 2.26. The normalized spacial score (nSPS) is 19.5. The molecule has 1 saturated heterocycles. The zero-order valence-electron chi connectivity index (χ0n) is 17.3. The van der Waals surface area contributed by atoms with Crippen LogP contribution >= 0.6 is 0 Å². The molecule has 0 unspecified atom stereocenters. The molecule has 0 bridgehead atoms. The molecular formula is C22H44N2O. The Hall–Kier alpha value is -0.410. The summed E-state index contributed by atoms with van der Waals surface area (Å²) in [6, 6.07) is 0. The van der Waals surface area contributed by atoms with Gasteiger partial charge in [0, 0.05) is 38.0 Å². The highest BCUT2D eigenvalue weighted by atomic mass is 16.1. The van der Waals surface area contributed by atoms with E-state index in [9.17, 15) is 4.79 Å². The standard InChI is InChI=1S/C12H26N2.C10H18O/c1-2-3-4-5-6-7-10-14-11-8-13-9-12-14;1-8(2)10(11)9-6-4-3-5-7-9/h13H,2-12H2,1H3;8-9H,3-7H2,1-2H3. The van der Waals surface area contributed by atoms with Gasteiger partial charge in [-0.25, -0.2) is 0 Å². The van der Waals surface area contributed by atoms with Gasteiger partial charge in [0.1, 0.15) is 5.78 Å². The molecule has 0 aromatic rings. The second-order valence-electron chi connectivity index (χ2n) is 8.25. The maximum Gasteiger partial charge on any atom is 0.138 e. The maximum absolute atomic E-state index is 11.5. The predicted octanol–water partition coefficient (Wildman–Crippen LogP) is 5.04. The van der Waals surface area contributed by atoms with Crippen molar-refractivity contribution in [1.82, 2.24) is 10.2 Å². The predicted molar refractivity (Wildman–Crippen MR) is 109 cm³/mol. The molecular weight excluding hydrogens is 308 g/mol. The quantitative estimate of drug-likeness (QED) is 0.590. The van der Waals surface area contributed by atoms with Crippen LogP contribution in [0, 0.1) is 11.8 Å². The van der Waals surface area contributed by atoms with E-state index >= 15 is 0 Å². The number of Topliss-reactive ketones (excluding diaryl/α,β-unsaturated/α-hetero) is 1. The van der Waals surface area contributed by atoms with E-state index < -0.39 is 0 Å². The molecule has 3 nitrogen and oxygen atoms in total. The van der Waals surface area contributed by atoms with Crippen LogP contribution in [0.5, 0.6) is 0 Å². The molecule has 1 aliphatic heterocycles. The Bertz CT molecular complexity index is 318. The largest absolute Gasteiger partial charge is 0.314 e. The van der Waals surface area contributed by atoms with Crippen molar-refractivity contribution in [2.75, 3.05) is 32.7 Å². The molecule has 0 atom stereocenters. The molecule has 148 valence electrons. The number of piperazine rings is 1. The lowest BCUT2D eigenvalue weighted by Gasteiger charge is -2.26. The van der Waals surface area contributed by atoms with Crippen LogP contribution in [0.1, 0.15) is 91.4 Å². The molecule has 2 rings (SSSR count). The maximum atomic E-state index is 11.5. The minimum absolute atomic E-state index is 0.248. The van der Waals surface area contributed by atoms with Crippen molar-refractivity contribution >= 4 is 5.78 Å². The van der Waals surface area contributed by atoms with Crippen molar-refractivity contribution in [2.24, 2.45) is 11.8 Å². The van der Waals surface area contributed by atoms with Crippen LogP contribution in [0.25, 0.3) is 0 Å². The van der Waals surface area contributed by atoms with Gasteiger partial charge in [-0.05, 0) is 25.8 Å². The Morgan fingerprint density at radius 1 is 0.960 bits per heavy atom. The van der Waals surface area contributed by atoms with Crippen molar-refractivity contribution in [2.45, 2.75) is 91.4 Å². The van der Waals surface area contributed by atoms with Gasteiger partial charge in [-0.2, -0.15) is 0 Å². The number of carbonyl (C=O) groups is 1. The molecule has 1 N–H and O–H groups in total. The number of hydrogen-bond donors (Lipinski definition) is 1. The van der Waals surface area contributed by atoms with Crippen molar-refractivity contribution in [3.63, 3.8) is 0 Å². The van der Waals surface area contributed by atoms with Crippen LogP contribution < -0.4 is 5.32 Å². The summed E-state index contributed by atoms with van der Waals surface area (Å²) in [5, 5.41) is 3.39. The van der Waals surface area contributed by atoms with E-state index in [1.165, 1.54) is 90.5 Å². The SMILES string of the molecule is CC(C)C(=O)C1CCCCC1.CCCCCCCCN1CCNCC1. The van der Waals surface area contributed by atoms with E-state index in [1.54, 1.807) is 0 Å². The van der Waals surface area contributed by atoms with Crippen LogP contribution in [-0.4, -0.2) is 43.4 Å². The first-order chi connectivity index (χ1) is 12.1. The van der Waals surface area contributed by atoms with Crippen LogP contribution in [0.4, 0.5) is 0 Å². The van der Waals surface area contributed by atoms with Crippen molar-refractivity contribution < 1.29 is 4.79 Å². The Balaban J connectivity index is 0.000000257. The lowest BCUT2D eigenvalue weighted by Crippen LogP contribution is -2.43. The minimum Gasteiger partial charge on any atom is -0.314 e. The summed E-state index contributed by atoms with van der Waals surface area (Å²) < 4.78 is 0. The summed E-state index contributed by atoms with van der Waals surface area (Å²) in [7, 11) is 0. The van der Waals surface area contributed by atoms with E-state index in [1.807, 2.05) is 13.8 Å². The lowest BCUT2D eigenvalue weighted by atomic mass is 9.83. The van der Waals surface area contributed by atoms with Gasteiger partial charge >= 0.3 is 0 Å². The van der Waals surface area contributed by atoms with E-state index in [2.05, 4.69) is 17.1 Å². The molecule has 1 saturated carbocycles. The lowest BCUT2D eigenvalue weighted by molar-refractivity contribution is -0.126. The van der Waals surface area contributed by atoms with Crippen LogP contribution in [-0.2, 0) is 4.79 Å². The summed E-state index contributed by atoms with van der Waals surface area (Å²) in [6.45, 7) is 12.5. The molecule has 0 amide bonds. The monoisotopic (exact) mass is 352 g/mol. The summed E-state index contributed by atoms with van der Waals surface area (Å²) in [5.74, 6) is 1.14. The fourth-order valence-corrected chi connectivity index (χ4v) is 3.91. The van der Waals surface area contributed by atoms with Crippen LogP contribution in [0.3, 0.4) is 0 Å². The molecule has 0 aromatic carbocycles. The Labute approximate surface area is 157 Å². The van der Waals surface area contributed by atoms with Crippen molar-refractivity contribution in [1.29, 1.82) is 0 Å². The highest BCUT2D eigenvalue weighted by Gasteiger charge is 2.22. The molecule has 2 aliphatic rings. The first kappa shape index (κ1) is 22.6. The summed E-state index contributed by atoms with van der Waals surface area (Å²) >= 11 is 0. The second-order valence-corrected chi connectivity index (χ2v) is 8.25. The van der Waals surface area contributed by atoms with E-state index in [4.69, 9.17) is 0 Å². The van der Waals surface area contributed by atoms with Crippen LogP contribution in [0.2, 0.25) is 0 Å². The zero-order chi connectivity index (χ0) is 18.3. The van der Waals surface area contributed by atoms with E-state index in [-0.39, 0.29) is 5.92 Å². The van der Waals surface area contributed by atoms with Crippen LogP contribution in [0.15, 0.2) is 0 Å². The summed E-state index contributed by atoms with van der Waals surface area (Å²) in [4.78, 5) is 14.1. The van der Waals surface area contributed by atoms with Crippen molar-refractivity contribution in [3.8, 4) is 0 Å². The van der Waals surface area contributed by atoms with Gasteiger partial charge in [0.25, 0.3) is 0 Å². The smallest absolute Gasteiger partial charge is 0.138 e. The average Bonchev–Trinajstić information content (AvgIpc) is 2.66. The first-order valence-corrected chi connectivity index (χ1v) is 11.1. The third-order valence-corrected chi connectivity index (χ3v) is 5.61. The molecule has 25 heavy (non-hydrogen) atoms. The van der Waals surface area contributed by atoms with Gasteiger partial charge < -0.3 is 10.2 Å². The number of ketones is 1. The second kappa shape index (κ2) is 14.7. The fraction of sp³-hybridized carbons (Fsp3) is 0.955. The molecule has 1 aliphatic carbocycles. The van der Waals surface area contributed by atoms with Gasteiger partial charge in [0.05, 0.1) is 0 Å². The average molecular weight is 353 g/mol. The molecule has 3 heteroatoms. The summed E-state index contributed by atoms with van der Waals surface area (Å²) in [6.07, 6.45) is 14.7. The molecule has 0 spiro atoms. The number of carbonyl (C=O) groups excluding carboxylic acids is 1. The topological polar surface area (TPSA) is 32.3 Å². The van der Waals surface area contributed by atoms with Gasteiger partial charge in [-0.15, -0.1) is 0 Å². The number of nitrogens with zero attached hydrogens (tertiary/aromatic N) is 1. The summed E-state index contributed by atoms with van der Waals surface area (Å²) in [5.41, 5.74) is 0. The Morgan fingerprint density at radius 3 is 2.16 bits per heavy atom. The van der Waals surface area contributed by atoms with Crippen molar-refractivity contribution in [3.05, 3.63) is 0 Å². The number of rotatable bonds is 9. The number of unbranched alkanes of at least 4 members (excludes halogenated alkanes) is 5. The van der Waals surface area contributed by atoms with E-state index in [0.717, 1.165) is 12.8 Å². The molecule has 1 heterocycles. The van der Waals surface area contributed by atoms with E-state index in [0.29, 0.717) is 11.7 Å². The fourth-order valence-electron chi connectivity index (χ4n) is 3.91. The molecule has 0 aromatic heterocycles. The van der Waals surface area contributed by atoms with Gasteiger partial charge in [-0.3, -0.25) is 4.79 Å². The van der Waals surface area contributed by atoms with Gasteiger partial charge in [-0.1, -0.05) is 72.1 Å². The Morgan fingerprint density at radius 2 is 1.56 bits per heavy atom. The zero-order valence-corrected chi connectivity index (χ0v) is 17.3. The number of hydrogen-bond acceptors (Lipinski definition) is 3. The van der Waals surface area contributed by atoms with Gasteiger partial charge in [0.15, 0.2) is 0 Å².